The molecule has 2 rings (SSSR count). The van der Waals surface area contributed by atoms with Gasteiger partial charge >= 0.3 is 0 Å². The summed E-state index contributed by atoms with van der Waals surface area (Å²) in [6.07, 6.45) is 1.39. The largest absolute Gasteiger partial charge is 0.333 e. The van der Waals surface area contributed by atoms with Crippen molar-refractivity contribution in [2.45, 2.75) is 38.8 Å². The predicted molar refractivity (Wildman–Crippen MR) is 67.0 cm³/mol. The highest BCUT2D eigenvalue weighted by Crippen LogP contribution is 2.38. The number of nitro benzene ring substituents is 1. The Bertz CT molecular complexity index is 533. The monoisotopic (exact) mass is 266 g/mol. The van der Waals surface area contributed by atoms with E-state index in [4.69, 9.17) is 0 Å². The van der Waals surface area contributed by atoms with Crippen LogP contribution in [0.1, 0.15) is 38.3 Å². The van der Waals surface area contributed by atoms with Gasteiger partial charge in [0.05, 0.1) is 11.0 Å². The Balaban J connectivity index is 2.43. The first-order valence-corrected chi connectivity index (χ1v) is 6.14. The van der Waals surface area contributed by atoms with Crippen LogP contribution in [0.3, 0.4) is 0 Å². The summed E-state index contributed by atoms with van der Waals surface area (Å²) >= 11 is 0. The lowest BCUT2D eigenvalue weighted by Crippen LogP contribution is -2.34. The van der Waals surface area contributed by atoms with Crippen molar-refractivity contribution < 1.29 is 14.1 Å². The molecule has 1 fully saturated rings. The first-order valence-electron chi connectivity index (χ1n) is 6.14. The topological polar surface area (TPSA) is 63.5 Å². The van der Waals surface area contributed by atoms with Crippen LogP contribution in [0.2, 0.25) is 0 Å². The van der Waals surface area contributed by atoms with E-state index in [9.17, 15) is 19.3 Å². The van der Waals surface area contributed by atoms with Crippen molar-refractivity contribution in [3.8, 4) is 0 Å². The fourth-order valence-corrected chi connectivity index (χ4v) is 2.72. The smallest absolute Gasteiger partial charge is 0.269 e. The van der Waals surface area contributed by atoms with E-state index in [1.807, 2.05) is 6.92 Å². The molecule has 0 radical (unpaired) electrons. The first kappa shape index (κ1) is 13.5. The molecule has 1 aliphatic heterocycles. The van der Waals surface area contributed by atoms with Crippen molar-refractivity contribution >= 4 is 11.6 Å². The molecule has 19 heavy (non-hydrogen) atoms. The number of hydrogen-bond donors (Lipinski definition) is 0. The molecule has 6 heteroatoms. The maximum atomic E-state index is 13.9. The van der Waals surface area contributed by atoms with Crippen molar-refractivity contribution in [2.75, 3.05) is 0 Å². The van der Waals surface area contributed by atoms with Gasteiger partial charge in [-0.15, -0.1) is 0 Å². The van der Waals surface area contributed by atoms with Crippen molar-refractivity contribution in [3.63, 3.8) is 0 Å². The zero-order valence-corrected chi connectivity index (χ0v) is 10.8. The molecule has 2 atom stereocenters. The van der Waals surface area contributed by atoms with Crippen LogP contribution in [0.5, 0.6) is 0 Å². The van der Waals surface area contributed by atoms with Crippen LogP contribution in [-0.2, 0) is 4.79 Å². The molecular weight excluding hydrogens is 251 g/mol. The van der Waals surface area contributed by atoms with Gasteiger partial charge in [0.15, 0.2) is 0 Å². The molecule has 1 heterocycles. The Morgan fingerprint density at radius 1 is 1.47 bits per heavy atom. The average molecular weight is 266 g/mol. The molecule has 1 aromatic rings. The SMILES string of the molecule is CC(=O)N1[C@@H](c2cc([N+](=O)[O-])ccc2F)CC[C@@H]1C. The zero-order valence-electron chi connectivity index (χ0n) is 10.8. The Morgan fingerprint density at radius 2 is 2.16 bits per heavy atom. The van der Waals surface area contributed by atoms with Crippen LogP contribution in [-0.4, -0.2) is 21.8 Å². The van der Waals surface area contributed by atoms with Gasteiger partial charge in [0, 0.05) is 30.7 Å². The average Bonchev–Trinajstić information content (AvgIpc) is 2.71. The van der Waals surface area contributed by atoms with Gasteiger partial charge in [0.25, 0.3) is 5.69 Å². The van der Waals surface area contributed by atoms with E-state index in [2.05, 4.69) is 0 Å². The minimum Gasteiger partial charge on any atom is -0.333 e. The van der Waals surface area contributed by atoms with Gasteiger partial charge in [-0.25, -0.2) is 4.39 Å². The zero-order chi connectivity index (χ0) is 14.2. The number of nitrogens with zero attached hydrogens (tertiary/aromatic N) is 2. The van der Waals surface area contributed by atoms with Crippen LogP contribution in [0.25, 0.3) is 0 Å². The summed E-state index contributed by atoms with van der Waals surface area (Å²) in [6, 6.07) is 3.08. The predicted octanol–water partition coefficient (Wildman–Crippen LogP) is 2.81. The van der Waals surface area contributed by atoms with Crippen LogP contribution in [0.4, 0.5) is 10.1 Å². The maximum Gasteiger partial charge on any atom is 0.269 e. The summed E-state index contributed by atoms with van der Waals surface area (Å²) in [5.74, 6) is -0.642. The number of amides is 1. The molecule has 0 aliphatic carbocycles. The minimum atomic E-state index is -0.556. The van der Waals surface area contributed by atoms with Crippen molar-refractivity contribution in [1.82, 2.24) is 4.90 Å². The second-order valence-electron chi connectivity index (χ2n) is 4.83. The molecule has 1 aromatic carbocycles. The molecule has 5 nitrogen and oxygen atoms in total. The number of rotatable bonds is 2. The van der Waals surface area contributed by atoms with Crippen molar-refractivity contribution in [1.29, 1.82) is 0 Å². The Labute approximate surface area is 110 Å². The van der Waals surface area contributed by atoms with Crippen LogP contribution in [0, 0.1) is 15.9 Å². The van der Waals surface area contributed by atoms with Gasteiger partial charge in [-0.05, 0) is 25.8 Å². The molecule has 102 valence electrons. The standard InChI is InChI=1S/C13H15FN2O3/c1-8-3-6-13(15(8)9(2)17)11-7-10(16(18)19)4-5-12(11)14/h4-5,7-8,13H,3,6H2,1-2H3/t8-,13+/m0/s1. The Hall–Kier alpha value is -1.98. The number of carbonyl (C=O) groups is 1. The summed E-state index contributed by atoms with van der Waals surface area (Å²) in [7, 11) is 0. The third-order valence-corrected chi connectivity index (χ3v) is 3.58. The van der Waals surface area contributed by atoms with Crippen LogP contribution >= 0.6 is 0 Å². The van der Waals surface area contributed by atoms with E-state index >= 15 is 0 Å². The summed E-state index contributed by atoms with van der Waals surface area (Å²) in [5.41, 5.74) is 0.0770. The first-order chi connectivity index (χ1) is 8.91. The molecule has 0 bridgehead atoms. The summed E-state index contributed by atoms with van der Waals surface area (Å²) in [5, 5.41) is 10.8. The maximum absolute atomic E-state index is 13.9. The van der Waals surface area contributed by atoms with Gasteiger partial charge in [0.2, 0.25) is 5.91 Å². The van der Waals surface area contributed by atoms with Crippen LogP contribution in [0.15, 0.2) is 18.2 Å². The van der Waals surface area contributed by atoms with E-state index in [-0.39, 0.29) is 23.2 Å². The fraction of sp³-hybridized carbons (Fsp3) is 0.462. The molecule has 0 aromatic heterocycles. The molecule has 0 spiro atoms. The number of nitro groups is 1. The molecule has 1 amide bonds. The van der Waals surface area contributed by atoms with E-state index in [0.29, 0.717) is 6.42 Å². The highest BCUT2D eigenvalue weighted by Gasteiger charge is 2.35. The summed E-state index contributed by atoms with van der Waals surface area (Å²) in [6.45, 7) is 3.33. The molecular formula is C13H15FN2O3. The normalized spacial score (nSPS) is 22.6. The molecule has 0 unspecified atom stereocenters. The molecule has 0 N–H and O–H groups in total. The third kappa shape index (κ3) is 2.43. The lowest BCUT2D eigenvalue weighted by Gasteiger charge is -2.27. The lowest BCUT2D eigenvalue weighted by atomic mass is 10.0. The second-order valence-corrected chi connectivity index (χ2v) is 4.83. The van der Waals surface area contributed by atoms with E-state index in [1.165, 1.54) is 13.0 Å². The van der Waals surface area contributed by atoms with Gasteiger partial charge in [-0.1, -0.05) is 0 Å². The quantitative estimate of drug-likeness (QED) is 0.610. The highest BCUT2D eigenvalue weighted by molar-refractivity contribution is 5.74. The number of likely N-dealkylation sites (tertiary alicyclic amines) is 1. The van der Waals surface area contributed by atoms with Crippen molar-refractivity contribution in [3.05, 3.63) is 39.7 Å². The van der Waals surface area contributed by atoms with Gasteiger partial charge < -0.3 is 4.90 Å². The van der Waals surface area contributed by atoms with E-state index in [1.54, 1.807) is 4.90 Å². The number of carbonyl (C=O) groups excluding carboxylic acids is 1. The van der Waals surface area contributed by atoms with E-state index < -0.39 is 16.8 Å². The van der Waals surface area contributed by atoms with E-state index in [0.717, 1.165) is 18.6 Å². The molecule has 1 saturated heterocycles. The van der Waals surface area contributed by atoms with Gasteiger partial charge in [0.1, 0.15) is 5.82 Å². The van der Waals surface area contributed by atoms with Gasteiger partial charge in [-0.2, -0.15) is 0 Å². The number of benzene rings is 1. The molecule has 1 aliphatic rings. The highest BCUT2D eigenvalue weighted by atomic mass is 19.1. The number of non-ortho nitro benzene ring substituents is 1. The Kier molecular flexibility index (Phi) is 3.50. The number of halogens is 1. The number of hydrogen-bond acceptors (Lipinski definition) is 3. The molecule has 0 saturated carbocycles. The van der Waals surface area contributed by atoms with Gasteiger partial charge in [-0.3, -0.25) is 14.9 Å². The third-order valence-electron chi connectivity index (χ3n) is 3.58. The summed E-state index contributed by atoms with van der Waals surface area (Å²) in [4.78, 5) is 23.4. The lowest BCUT2D eigenvalue weighted by molar-refractivity contribution is -0.385. The second kappa shape index (κ2) is 4.95. The Morgan fingerprint density at radius 3 is 2.74 bits per heavy atom. The van der Waals surface area contributed by atoms with Crippen LogP contribution < -0.4 is 0 Å². The summed E-state index contributed by atoms with van der Waals surface area (Å²) < 4.78 is 13.9. The fourth-order valence-electron chi connectivity index (χ4n) is 2.72. The van der Waals surface area contributed by atoms with Crippen molar-refractivity contribution in [2.24, 2.45) is 0 Å². The minimum absolute atomic E-state index is 0.0289.